The third-order valence-corrected chi connectivity index (χ3v) is 4.08. The van der Waals surface area contributed by atoms with Crippen molar-refractivity contribution >= 4 is 21.6 Å². The summed E-state index contributed by atoms with van der Waals surface area (Å²) in [5.74, 6) is -0.615. The largest absolute Gasteiger partial charge is 0.242 e. The number of benzene rings is 1. The molecule has 0 heterocycles. The van der Waals surface area contributed by atoms with Crippen LogP contribution in [0.3, 0.4) is 0 Å². The molecule has 82 valence electrons. The molecule has 1 aliphatic carbocycles. The second-order valence-electron chi connectivity index (χ2n) is 3.47. The molecule has 1 saturated carbocycles. The highest BCUT2D eigenvalue weighted by Gasteiger charge is 2.29. The molecule has 0 radical (unpaired) electrons. The summed E-state index contributed by atoms with van der Waals surface area (Å²) in [6.07, 6.45) is 1.65. The first-order chi connectivity index (χ1) is 6.99. The Hall–Kier alpha value is -0.650. The first kappa shape index (κ1) is 10.9. The van der Waals surface area contributed by atoms with E-state index in [1.807, 2.05) is 0 Å². The molecule has 0 bridgehead atoms. The van der Waals surface area contributed by atoms with E-state index in [2.05, 4.69) is 4.72 Å². The molecule has 0 aromatic heterocycles. The van der Waals surface area contributed by atoms with Gasteiger partial charge in [0.2, 0.25) is 10.0 Å². The van der Waals surface area contributed by atoms with Gasteiger partial charge in [-0.05, 0) is 31.0 Å². The molecule has 1 N–H and O–H groups in total. The minimum Gasteiger partial charge on any atom is -0.208 e. The van der Waals surface area contributed by atoms with Crippen LogP contribution < -0.4 is 4.72 Å². The highest BCUT2D eigenvalue weighted by Crippen LogP contribution is 2.26. The number of hydrogen-bond acceptors (Lipinski definition) is 2. The van der Waals surface area contributed by atoms with Crippen LogP contribution in [0.5, 0.6) is 0 Å². The van der Waals surface area contributed by atoms with Crippen LogP contribution in [-0.4, -0.2) is 14.5 Å². The maximum atomic E-state index is 12.9. The Morgan fingerprint density at radius 1 is 1.40 bits per heavy atom. The summed E-state index contributed by atoms with van der Waals surface area (Å²) >= 11 is 5.70. The third kappa shape index (κ3) is 2.48. The van der Waals surface area contributed by atoms with Crippen molar-refractivity contribution in [3.05, 3.63) is 29.0 Å². The van der Waals surface area contributed by atoms with Gasteiger partial charge in [0.15, 0.2) is 0 Å². The van der Waals surface area contributed by atoms with Crippen LogP contribution in [-0.2, 0) is 10.0 Å². The van der Waals surface area contributed by atoms with Gasteiger partial charge >= 0.3 is 0 Å². The van der Waals surface area contributed by atoms with Crippen molar-refractivity contribution in [1.82, 2.24) is 4.72 Å². The van der Waals surface area contributed by atoms with E-state index in [-0.39, 0.29) is 16.0 Å². The Bertz CT molecular complexity index is 485. The average Bonchev–Trinajstić information content (AvgIpc) is 2.92. The summed E-state index contributed by atoms with van der Waals surface area (Å²) in [5, 5.41) is 0.0320. The lowest BCUT2D eigenvalue weighted by Crippen LogP contribution is -2.26. The fourth-order valence-electron chi connectivity index (χ4n) is 1.17. The van der Waals surface area contributed by atoms with Crippen molar-refractivity contribution < 1.29 is 12.8 Å². The van der Waals surface area contributed by atoms with Gasteiger partial charge in [0.25, 0.3) is 0 Å². The minimum absolute atomic E-state index is 0.0191. The molecule has 6 heteroatoms. The molecule has 1 aliphatic rings. The van der Waals surface area contributed by atoms with Crippen molar-refractivity contribution in [2.45, 2.75) is 23.8 Å². The van der Waals surface area contributed by atoms with Gasteiger partial charge in [-0.15, -0.1) is 0 Å². The molecule has 0 unspecified atom stereocenters. The molecular weight excluding hydrogens is 241 g/mol. The van der Waals surface area contributed by atoms with Crippen molar-refractivity contribution in [3.63, 3.8) is 0 Å². The standard InChI is InChI=1S/C9H9ClFNO2S/c10-8-4-1-6(11)5-9(8)15(13,14)12-7-2-3-7/h1,4-5,7,12H,2-3H2. The van der Waals surface area contributed by atoms with Crippen molar-refractivity contribution in [1.29, 1.82) is 0 Å². The lowest BCUT2D eigenvalue weighted by molar-refractivity contribution is 0.577. The highest BCUT2D eigenvalue weighted by molar-refractivity contribution is 7.89. The third-order valence-electron chi connectivity index (χ3n) is 2.08. The summed E-state index contributed by atoms with van der Waals surface area (Å²) in [5.41, 5.74) is 0. The van der Waals surface area contributed by atoms with Crippen molar-refractivity contribution in [3.8, 4) is 0 Å². The van der Waals surface area contributed by atoms with E-state index in [0.717, 1.165) is 25.0 Å². The average molecular weight is 250 g/mol. The molecule has 1 aromatic rings. The molecule has 0 spiro atoms. The van der Waals surface area contributed by atoms with Crippen LogP contribution in [0.4, 0.5) is 4.39 Å². The van der Waals surface area contributed by atoms with Gasteiger partial charge in [-0.3, -0.25) is 0 Å². The predicted molar refractivity (Wildman–Crippen MR) is 54.8 cm³/mol. The maximum absolute atomic E-state index is 12.9. The zero-order valence-electron chi connectivity index (χ0n) is 7.70. The summed E-state index contributed by atoms with van der Waals surface area (Å²) < 4.78 is 38.7. The first-order valence-electron chi connectivity index (χ1n) is 4.46. The lowest BCUT2D eigenvalue weighted by atomic mass is 10.3. The number of sulfonamides is 1. The van der Waals surface area contributed by atoms with Crippen LogP contribution >= 0.6 is 11.6 Å². The first-order valence-corrected chi connectivity index (χ1v) is 6.32. The molecule has 1 aromatic carbocycles. The summed E-state index contributed by atoms with van der Waals surface area (Å²) in [6, 6.07) is 3.26. The molecule has 2 rings (SSSR count). The zero-order chi connectivity index (χ0) is 11.1. The van der Waals surface area contributed by atoms with Crippen LogP contribution in [0, 0.1) is 5.82 Å². The Kier molecular flexibility index (Phi) is 2.70. The van der Waals surface area contributed by atoms with E-state index in [0.29, 0.717) is 0 Å². The molecular formula is C9H9ClFNO2S. The van der Waals surface area contributed by atoms with E-state index in [1.165, 1.54) is 6.07 Å². The van der Waals surface area contributed by atoms with E-state index in [9.17, 15) is 12.8 Å². The monoisotopic (exact) mass is 249 g/mol. The second-order valence-corrected chi connectivity index (χ2v) is 5.56. The maximum Gasteiger partial charge on any atom is 0.242 e. The Morgan fingerprint density at radius 2 is 2.07 bits per heavy atom. The van der Waals surface area contributed by atoms with Gasteiger partial charge in [-0.2, -0.15) is 0 Å². The number of hydrogen-bond donors (Lipinski definition) is 1. The molecule has 0 atom stereocenters. The van der Waals surface area contributed by atoms with Crippen LogP contribution in [0.1, 0.15) is 12.8 Å². The predicted octanol–water partition coefficient (Wildman–Crippen LogP) is 1.92. The van der Waals surface area contributed by atoms with Crippen molar-refractivity contribution in [2.24, 2.45) is 0 Å². The number of rotatable bonds is 3. The molecule has 0 saturated heterocycles. The van der Waals surface area contributed by atoms with Crippen molar-refractivity contribution in [2.75, 3.05) is 0 Å². The molecule has 3 nitrogen and oxygen atoms in total. The van der Waals surface area contributed by atoms with Crippen LogP contribution in [0.2, 0.25) is 5.02 Å². The van der Waals surface area contributed by atoms with Crippen LogP contribution in [0.25, 0.3) is 0 Å². The smallest absolute Gasteiger partial charge is 0.208 e. The SMILES string of the molecule is O=S(=O)(NC1CC1)c1cc(F)ccc1Cl. The fourth-order valence-corrected chi connectivity index (χ4v) is 2.98. The quantitative estimate of drug-likeness (QED) is 0.890. The van der Waals surface area contributed by atoms with Gasteiger partial charge in [-0.25, -0.2) is 17.5 Å². The highest BCUT2D eigenvalue weighted by atomic mass is 35.5. The van der Waals surface area contributed by atoms with E-state index in [1.54, 1.807) is 0 Å². The Morgan fingerprint density at radius 3 is 2.67 bits per heavy atom. The summed E-state index contributed by atoms with van der Waals surface area (Å²) in [6.45, 7) is 0. The van der Waals surface area contributed by atoms with E-state index in [4.69, 9.17) is 11.6 Å². The number of nitrogens with one attached hydrogen (secondary N) is 1. The van der Waals surface area contributed by atoms with Gasteiger partial charge in [0.05, 0.1) is 5.02 Å². The van der Waals surface area contributed by atoms with Gasteiger partial charge in [-0.1, -0.05) is 11.6 Å². The Balaban J connectivity index is 2.38. The van der Waals surface area contributed by atoms with E-state index < -0.39 is 15.8 Å². The zero-order valence-corrected chi connectivity index (χ0v) is 9.28. The topological polar surface area (TPSA) is 46.2 Å². The minimum atomic E-state index is -3.67. The van der Waals surface area contributed by atoms with Crippen LogP contribution in [0.15, 0.2) is 23.1 Å². The lowest BCUT2D eigenvalue weighted by Gasteiger charge is -2.06. The van der Waals surface area contributed by atoms with Gasteiger partial charge < -0.3 is 0 Å². The van der Waals surface area contributed by atoms with Gasteiger partial charge in [0.1, 0.15) is 10.7 Å². The molecule has 0 amide bonds. The molecule has 15 heavy (non-hydrogen) atoms. The fraction of sp³-hybridized carbons (Fsp3) is 0.333. The Labute approximate surface area is 92.3 Å². The summed E-state index contributed by atoms with van der Waals surface area (Å²) in [4.78, 5) is -0.198. The normalized spacial score (nSPS) is 16.7. The van der Waals surface area contributed by atoms with Gasteiger partial charge in [0, 0.05) is 6.04 Å². The second kappa shape index (κ2) is 3.73. The molecule has 0 aliphatic heterocycles. The number of halogens is 2. The molecule has 1 fully saturated rings. The summed E-state index contributed by atoms with van der Waals surface area (Å²) in [7, 11) is -3.67. The van der Waals surface area contributed by atoms with E-state index >= 15 is 0 Å².